The summed E-state index contributed by atoms with van der Waals surface area (Å²) in [4.78, 5) is 0. The van der Waals surface area contributed by atoms with Crippen LogP contribution in [0.1, 0.15) is 79.1 Å². The quantitative estimate of drug-likeness (QED) is 0.717. The molecule has 2 fully saturated rings. The molecule has 140 valence electrons. The van der Waals surface area contributed by atoms with Crippen LogP contribution < -0.4 is 9.47 Å². The molecule has 1 aromatic rings. The molecule has 25 heavy (non-hydrogen) atoms. The zero-order valence-electron chi connectivity index (χ0n) is 16.3. The minimum Gasteiger partial charge on any atom is -0.504 e. The predicted octanol–water partition coefficient (Wildman–Crippen LogP) is 6.09. The molecule has 0 amide bonds. The van der Waals surface area contributed by atoms with Gasteiger partial charge in [-0.05, 0) is 76.3 Å². The van der Waals surface area contributed by atoms with Crippen LogP contribution in [-0.4, -0.2) is 16.3 Å². The first-order valence-electron chi connectivity index (χ1n) is 10.0. The summed E-state index contributed by atoms with van der Waals surface area (Å²) in [7, 11) is 0. The molecule has 0 saturated heterocycles. The maximum absolute atomic E-state index is 10.5. The number of phenols is 1. The maximum atomic E-state index is 10.5. The third-order valence-electron chi connectivity index (χ3n) is 6.84. The van der Waals surface area contributed by atoms with Crippen LogP contribution in [-0.2, 0) is 0 Å². The van der Waals surface area contributed by atoms with E-state index in [2.05, 4.69) is 27.7 Å². The summed E-state index contributed by atoms with van der Waals surface area (Å²) < 4.78 is 13.0. The number of hydrogen-bond acceptors (Lipinski definition) is 3. The van der Waals surface area contributed by atoms with Crippen LogP contribution >= 0.6 is 0 Å². The Morgan fingerprint density at radius 3 is 2.00 bits per heavy atom. The predicted molar refractivity (Wildman–Crippen MR) is 101 cm³/mol. The fraction of sp³-hybridized carbons (Fsp3) is 0.727. The fourth-order valence-electron chi connectivity index (χ4n) is 4.43. The molecule has 0 aromatic heterocycles. The fourth-order valence-corrected chi connectivity index (χ4v) is 4.43. The molecule has 0 aliphatic heterocycles. The van der Waals surface area contributed by atoms with Gasteiger partial charge in [0.1, 0.15) is 11.2 Å². The van der Waals surface area contributed by atoms with Crippen molar-refractivity contribution in [3.63, 3.8) is 0 Å². The highest BCUT2D eigenvalue weighted by Gasteiger charge is 2.39. The number of ether oxygens (including phenoxy) is 2. The zero-order valence-corrected chi connectivity index (χ0v) is 16.3. The van der Waals surface area contributed by atoms with Crippen molar-refractivity contribution in [1.29, 1.82) is 0 Å². The van der Waals surface area contributed by atoms with Gasteiger partial charge < -0.3 is 14.6 Å². The second-order valence-corrected chi connectivity index (χ2v) is 8.73. The van der Waals surface area contributed by atoms with Gasteiger partial charge in [-0.2, -0.15) is 0 Å². The molecule has 0 bridgehead atoms. The van der Waals surface area contributed by atoms with E-state index < -0.39 is 0 Å². The maximum Gasteiger partial charge on any atom is 0.203 e. The molecule has 3 heteroatoms. The average Bonchev–Trinajstić information content (AvgIpc) is 2.57. The van der Waals surface area contributed by atoms with Gasteiger partial charge in [-0.1, -0.05) is 32.8 Å². The van der Waals surface area contributed by atoms with Crippen LogP contribution in [0.4, 0.5) is 0 Å². The highest BCUT2D eigenvalue weighted by Crippen LogP contribution is 2.46. The Labute approximate surface area is 152 Å². The first kappa shape index (κ1) is 18.4. The first-order valence-corrected chi connectivity index (χ1v) is 10.0. The Morgan fingerprint density at radius 2 is 1.44 bits per heavy atom. The summed E-state index contributed by atoms with van der Waals surface area (Å²) in [6.45, 7) is 8.91. The highest BCUT2D eigenvalue weighted by molar-refractivity contribution is 5.51. The third-order valence-corrected chi connectivity index (χ3v) is 6.84. The van der Waals surface area contributed by atoms with E-state index in [-0.39, 0.29) is 17.0 Å². The lowest BCUT2D eigenvalue weighted by molar-refractivity contribution is -0.0228. The van der Waals surface area contributed by atoms with Crippen LogP contribution in [0, 0.1) is 11.8 Å². The Balaban J connectivity index is 1.87. The Morgan fingerprint density at radius 1 is 0.880 bits per heavy atom. The molecular weight excluding hydrogens is 312 g/mol. The van der Waals surface area contributed by atoms with E-state index in [1.807, 2.05) is 12.1 Å². The van der Waals surface area contributed by atoms with Crippen LogP contribution in [0.2, 0.25) is 0 Å². The van der Waals surface area contributed by atoms with E-state index >= 15 is 0 Å². The summed E-state index contributed by atoms with van der Waals surface area (Å²) >= 11 is 0. The smallest absolute Gasteiger partial charge is 0.203 e. The lowest BCUT2D eigenvalue weighted by atomic mass is 9.77. The summed E-state index contributed by atoms with van der Waals surface area (Å²) in [5.41, 5.74) is -0.433. The van der Waals surface area contributed by atoms with Crippen molar-refractivity contribution in [3.05, 3.63) is 18.2 Å². The lowest BCUT2D eigenvalue weighted by Crippen LogP contribution is -2.43. The number of phenolic OH excluding ortho intramolecular Hbond substituents is 1. The lowest BCUT2D eigenvalue weighted by Gasteiger charge is -2.42. The van der Waals surface area contributed by atoms with Crippen molar-refractivity contribution >= 4 is 0 Å². The van der Waals surface area contributed by atoms with Crippen molar-refractivity contribution in [2.45, 2.75) is 90.3 Å². The van der Waals surface area contributed by atoms with Gasteiger partial charge in [0, 0.05) is 0 Å². The number of hydrogen-bond donors (Lipinski definition) is 1. The van der Waals surface area contributed by atoms with Crippen LogP contribution in [0.5, 0.6) is 17.2 Å². The van der Waals surface area contributed by atoms with Crippen molar-refractivity contribution in [3.8, 4) is 17.2 Å². The zero-order chi connectivity index (χ0) is 18.1. The molecule has 0 spiro atoms. The van der Waals surface area contributed by atoms with E-state index in [1.54, 1.807) is 6.07 Å². The first-order chi connectivity index (χ1) is 11.8. The molecule has 4 unspecified atom stereocenters. The van der Waals surface area contributed by atoms with Crippen LogP contribution in [0.3, 0.4) is 0 Å². The minimum atomic E-state index is -0.242. The van der Waals surface area contributed by atoms with E-state index in [9.17, 15) is 5.11 Å². The average molecular weight is 347 g/mol. The molecule has 2 aliphatic carbocycles. The number of rotatable bonds is 4. The van der Waals surface area contributed by atoms with Crippen LogP contribution in [0.25, 0.3) is 0 Å². The monoisotopic (exact) mass is 346 g/mol. The molecule has 0 radical (unpaired) electrons. The van der Waals surface area contributed by atoms with Crippen molar-refractivity contribution in [1.82, 2.24) is 0 Å². The van der Waals surface area contributed by atoms with Crippen molar-refractivity contribution in [2.75, 3.05) is 0 Å². The largest absolute Gasteiger partial charge is 0.504 e. The molecule has 0 heterocycles. The molecule has 1 aromatic carbocycles. The molecule has 3 rings (SSSR count). The standard InChI is InChI=1S/C22H34O3/c1-16-10-5-7-14-21(16,3)24-19-13-9-12-18(23)20(19)25-22(4)15-8-6-11-17(22)2/h9,12-13,16-17,23H,5-8,10-11,14-15H2,1-4H3. The molecular formula is C22H34O3. The van der Waals surface area contributed by atoms with Gasteiger partial charge >= 0.3 is 0 Å². The Hall–Kier alpha value is -1.38. The number of aromatic hydroxyl groups is 1. The summed E-state index contributed by atoms with van der Waals surface area (Å²) in [5, 5.41) is 10.5. The van der Waals surface area contributed by atoms with Gasteiger partial charge in [0.2, 0.25) is 5.75 Å². The van der Waals surface area contributed by atoms with Crippen molar-refractivity contribution in [2.24, 2.45) is 11.8 Å². The summed E-state index contributed by atoms with van der Waals surface area (Å²) in [6.07, 6.45) is 9.37. The molecule has 2 saturated carbocycles. The van der Waals surface area contributed by atoms with Gasteiger partial charge in [-0.15, -0.1) is 0 Å². The normalized spacial score (nSPS) is 36.0. The number of para-hydroxylation sites is 1. The molecule has 1 N–H and O–H groups in total. The molecule has 3 nitrogen and oxygen atoms in total. The van der Waals surface area contributed by atoms with Gasteiger partial charge in [0.05, 0.1) is 0 Å². The van der Waals surface area contributed by atoms with E-state index in [1.165, 1.54) is 38.5 Å². The Bertz CT molecular complexity index is 599. The van der Waals surface area contributed by atoms with E-state index in [4.69, 9.17) is 9.47 Å². The van der Waals surface area contributed by atoms with Crippen molar-refractivity contribution < 1.29 is 14.6 Å². The topological polar surface area (TPSA) is 38.7 Å². The van der Waals surface area contributed by atoms with E-state index in [0.717, 1.165) is 12.8 Å². The summed E-state index contributed by atoms with van der Waals surface area (Å²) in [5.74, 6) is 2.37. The third kappa shape index (κ3) is 3.75. The Kier molecular flexibility index (Phi) is 5.22. The summed E-state index contributed by atoms with van der Waals surface area (Å²) in [6, 6.07) is 5.49. The van der Waals surface area contributed by atoms with Gasteiger partial charge in [-0.25, -0.2) is 0 Å². The van der Waals surface area contributed by atoms with Gasteiger partial charge in [0.15, 0.2) is 11.5 Å². The van der Waals surface area contributed by atoms with Gasteiger partial charge in [-0.3, -0.25) is 0 Å². The second kappa shape index (κ2) is 7.09. The molecule has 2 aliphatic rings. The highest BCUT2D eigenvalue weighted by atomic mass is 16.5. The SMILES string of the molecule is CC1CCCCC1(C)Oc1cccc(O)c1OC1(C)CCCCC1C. The number of benzene rings is 1. The minimum absolute atomic E-state index is 0.184. The second-order valence-electron chi connectivity index (χ2n) is 8.73. The molecule has 4 atom stereocenters. The van der Waals surface area contributed by atoms with Gasteiger partial charge in [0.25, 0.3) is 0 Å². The van der Waals surface area contributed by atoms with Crippen LogP contribution in [0.15, 0.2) is 18.2 Å². The van der Waals surface area contributed by atoms with E-state index in [0.29, 0.717) is 23.3 Å².